The number of fused-ring (bicyclic) bond motifs is 3. The summed E-state index contributed by atoms with van der Waals surface area (Å²) in [7, 11) is 3.03. The van der Waals surface area contributed by atoms with E-state index >= 15 is 0 Å². The molecule has 12 heteroatoms. The summed E-state index contributed by atoms with van der Waals surface area (Å²) in [5.41, 5.74) is 1.34. The van der Waals surface area contributed by atoms with Crippen LogP contribution in [0.5, 0.6) is 0 Å². The molecule has 5 aromatic rings. The Bertz CT molecular complexity index is 1680. The lowest BCUT2D eigenvalue weighted by Crippen LogP contribution is -2.37. The Labute approximate surface area is 207 Å². The Hall–Kier alpha value is -3.83. The molecule has 10 nitrogen and oxygen atoms in total. The number of benzene rings is 2. The van der Waals surface area contributed by atoms with Gasteiger partial charge >= 0.3 is 5.69 Å². The summed E-state index contributed by atoms with van der Waals surface area (Å²) in [5.74, 6) is 0.241. The van der Waals surface area contributed by atoms with E-state index in [9.17, 15) is 14.4 Å². The molecule has 0 fully saturated rings. The molecule has 0 saturated heterocycles. The predicted molar refractivity (Wildman–Crippen MR) is 135 cm³/mol. The Morgan fingerprint density at radius 1 is 1.00 bits per heavy atom. The summed E-state index contributed by atoms with van der Waals surface area (Å²) in [5, 5.41) is 12.4. The first-order valence-corrected chi connectivity index (χ1v) is 12.0. The van der Waals surface area contributed by atoms with Crippen LogP contribution >= 0.6 is 23.4 Å². The molecular weight excluding hydrogens is 490 g/mol. The number of nitrogens with one attached hydrogen (secondary N) is 1. The molecule has 3 heterocycles. The maximum Gasteiger partial charge on any atom is 0.332 e. The van der Waals surface area contributed by atoms with E-state index in [0.717, 1.165) is 10.1 Å². The zero-order chi connectivity index (χ0) is 24.7. The van der Waals surface area contributed by atoms with Gasteiger partial charge in [-0.15, -0.1) is 10.2 Å². The highest BCUT2D eigenvalue weighted by molar-refractivity contribution is 7.99. The second kappa shape index (κ2) is 9.08. The van der Waals surface area contributed by atoms with Crippen LogP contribution in [0, 0.1) is 0 Å². The molecular formula is C23H20ClN7O3S. The van der Waals surface area contributed by atoms with E-state index in [1.165, 1.54) is 23.4 Å². The van der Waals surface area contributed by atoms with Gasteiger partial charge in [0.25, 0.3) is 5.56 Å². The Morgan fingerprint density at radius 2 is 1.71 bits per heavy atom. The maximum absolute atomic E-state index is 13.2. The highest BCUT2D eigenvalue weighted by Gasteiger charge is 2.24. The fourth-order valence-corrected chi connectivity index (χ4v) is 4.75. The number of amides is 1. The number of hydrogen-bond donors (Lipinski definition) is 1. The predicted octanol–water partition coefficient (Wildman–Crippen LogP) is 2.51. The van der Waals surface area contributed by atoms with Crippen LogP contribution in [-0.4, -0.2) is 40.0 Å². The second-order valence-electron chi connectivity index (χ2n) is 7.91. The lowest BCUT2D eigenvalue weighted by Gasteiger charge is -2.08. The van der Waals surface area contributed by atoms with Gasteiger partial charge in [-0.3, -0.25) is 23.3 Å². The van der Waals surface area contributed by atoms with Crippen LogP contribution < -0.4 is 16.6 Å². The van der Waals surface area contributed by atoms with Crippen LogP contribution in [0.4, 0.5) is 5.69 Å². The number of aryl methyl sites for hydroxylation is 1. The molecule has 0 unspecified atom stereocenters. The number of rotatable bonds is 6. The van der Waals surface area contributed by atoms with Gasteiger partial charge in [-0.1, -0.05) is 53.7 Å². The van der Waals surface area contributed by atoms with Gasteiger partial charge in [0.1, 0.15) is 0 Å². The number of nitrogens with zero attached hydrogens (tertiary/aromatic N) is 6. The van der Waals surface area contributed by atoms with Crippen molar-refractivity contribution < 1.29 is 4.79 Å². The number of imidazole rings is 1. The number of halogens is 1. The molecule has 0 aliphatic heterocycles. The minimum Gasteiger partial charge on any atom is -0.325 e. The van der Waals surface area contributed by atoms with Gasteiger partial charge in [-0.25, -0.2) is 9.20 Å². The average Bonchev–Trinajstić information content (AvgIpc) is 3.41. The number of anilines is 1. The molecule has 178 valence electrons. The van der Waals surface area contributed by atoms with Gasteiger partial charge < -0.3 is 5.32 Å². The van der Waals surface area contributed by atoms with Crippen LogP contribution in [0.25, 0.3) is 16.9 Å². The lowest BCUT2D eigenvalue weighted by molar-refractivity contribution is -0.113. The molecule has 0 aliphatic rings. The summed E-state index contributed by atoms with van der Waals surface area (Å²) in [6, 6.07) is 16.4. The van der Waals surface area contributed by atoms with Crippen molar-refractivity contribution in [2.24, 2.45) is 14.1 Å². The molecule has 0 spiro atoms. The number of para-hydroxylation sites is 1. The van der Waals surface area contributed by atoms with Crippen molar-refractivity contribution >= 4 is 51.9 Å². The lowest BCUT2D eigenvalue weighted by atomic mass is 10.2. The van der Waals surface area contributed by atoms with E-state index in [-0.39, 0.29) is 11.7 Å². The molecule has 35 heavy (non-hydrogen) atoms. The highest BCUT2D eigenvalue weighted by atomic mass is 35.5. The summed E-state index contributed by atoms with van der Waals surface area (Å²) in [6.07, 6.45) is 0. The zero-order valence-electron chi connectivity index (χ0n) is 18.8. The molecule has 0 saturated carbocycles. The summed E-state index contributed by atoms with van der Waals surface area (Å²) >= 11 is 7.19. The van der Waals surface area contributed by atoms with Crippen molar-refractivity contribution in [2.45, 2.75) is 11.7 Å². The number of carbonyl (C=O) groups is 1. The smallest absolute Gasteiger partial charge is 0.325 e. The van der Waals surface area contributed by atoms with Gasteiger partial charge in [0, 0.05) is 24.8 Å². The van der Waals surface area contributed by atoms with Crippen molar-refractivity contribution in [1.29, 1.82) is 0 Å². The Morgan fingerprint density at radius 3 is 2.43 bits per heavy atom. The zero-order valence-corrected chi connectivity index (χ0v) is 20.4. The van der Waals surface area contributed by atoms with Crippen LogP contribution in [-0.2, 0) is 25.4 Å². The second-order valence-corrected chi connectivity index (χ2v) is 9.29. The van der Waals surface area contributed by atoms with E-state index in [2.05, 4.69) is 15.5 Å². The van der Waals surface area contributed by atoms with Crippen LogP contribution in [0.1, 0.15) is 5.56 Å². The van der Waals surface area contributed by atoms with Gasteiger partial charge in [-0.05, 0) is 29.8 Å². The number of thioether (sulfide) groups is 1. The quantitative estimate of drug-likeness (QED) is 0.352. The van der Waals surface area contributed by atoms with E-state index in [1.54, 1.807) is 40.3 Å². The number of aromatic nitrogens is 6. The Kier molecular flexibility index (Phi) is 5.95. The Balaban J connectivity index is 1.59. The summed E-state index contributed by atoms with van der Waals surface area (Å²) < 4.78 is 5.82. The molecule has 1 N–H and O–H groups in total. The van der Waals surface area contributed by atoms with Crippen molar-refractivity contribution in [3.05, 3.63) is 86.0 Å². The maximum atomic E-state index is 13.2. The van der Waals surface area contributed by atoms with Crippen molar-refractivity contribution in [1.82, 2.24) is 28.3 Å². The minimum absolute atomic E-state index is 0.0678. The molecule has 0 aliphatic carbocycles. The van der Waals surface area contributed by atoms with Crippen molar-refractivity contribution in [3.8, 4) is 0 Å². The normalized spacial score (nSPS) is 11.4. The van der Waals surface area contributed by atoms with Crippen LogP contribution in [0.2, 0.25) is 5.02 Å². The van der Waals surface area contributed by atoms with E-state index < -0.39 is 11.2 Å². The van der Waals surface area contributed by atoms with Gasteiger partial charge in [-0.2, -0.15) is 0 Å². The molecule has 3 aromatic heterocycles. The average molecular weight is 510 g/mol. The van der Waals surface area contributed by atoms with Gasteiger partial charge in [0.2, 0.25) is 11.7 Å². The summed E-state index contributed by atoms with van der Waals surface area (Å²) in [4.78, 5) is 38.4. The fourth-order valence-electron chi connectivity index (χ4n) is 3.89. The molecule has 0 bridgehead atoms. The first kappa shape index (κ1) is 22.9. The monoisotopic (exact) mass is 509 g/mol. The summed E-state index contributed by atoms with van der Waals surface area (Å²) in [6.45, 7) is 0.314. The third-order valence-corrected chi connectivity index (χ3v) is 6.77. The molecule has 5 rings (SSSR count). The standard InChI is InChI=1S/C23H20ClN7O3S/c1-28-19-18(20(33)29(2)23(28)34)30(12-14-8-10-15(24)11-9-14)21-26-27-22(31(19)21)35-13-17(32)25-16-6-4-3-5-7-16/h3-11H,12-13H2,1-2H3,(H,25,32). The molecule has 2 aromatic carbocycles. The van der Waals surface area contributed by atoms with Gasteiger partial charge in [0.15, 0.2) is 16.3 Å². The van der Waals surface area contributed by atoms with E-state index in [1.807, 2.05) is 30.3 Å². The molecule has 1 amide bonds. The SMILES string of the molecule is Cn1c(=O)c2c(n(C)c1=O)n1c(SCC(=O)Nc3ccccc3)nnc1n2Cc1ccc(Cl)cc1. The molecule has 0 atom stereocenters. The van der Waals surface area contributed by atoms with Crippen LogP contribution in [0.3, 0.4) is 0 Å². The van der Waals surface area contributed by atoms with E-state index in [0.29, 0.717) is 39.4 Å². The van der Waals surface area contributed by atoms with Crippen molar-refractivity contribution in [3.63, 3.8) is 0 Å². The van der Waals surface area contributed by atoms with Gasteiger partial charge in [0.05, 0.1) is 12.3 Å². The van der Waals surface area contributed by atoms with Crippen molar-refractivity contribution in [2.75, 3.05) is 11.1 Å². The minimum atomic E-state index is -0.473. The van der Waals surface area contributed by atoms with E-state index in [4.69, 9.17) is 11.6 Å². The largest absolute Gasteiger partial charge is 0.332 e. The number of hydrogen-bond acceptors (Lipinski definition) is 6. The molecule has 0 radical (unpaired) electrons. The topological polar surface area (TPSA) is 108 Å². The third kappa shape index (κ3) is 4.13. The highest BCUT2D eigenvalue weighted by Crippen LogP contribution is 2.25. The number of carbonyl (C=O) groups excluding carboxylic acids is 1. The first-order chi connectivity index (χ1) is 16.8. The third-order valence-electron chi connectivity index (χ3n) is 5.59. The van der Waals surface area contributed by atoms with Crippen LogP contribution in [0.15, 0.2) is 69.3 Å². The first-order valence-electron chi connectivity index (χ1n) is 10.6. The fraction of sp³-hybridized carbons (Fsp3) is 0.174.